The maximum atomic E-state index is 12.6. The first-order valence-electron chi connectivity index (χ1n) is 8.39. The number of hydrogen-bond acceptors (Lipinski definition) is 6. The molecule has 0 atom stereocenters. The average molecular weight is 401 g/mol. The number of carbonyl (C=O) groups excluding carboxylic acids is 1. The van der Waals surface area contributed by atoms with Crippen LogP contribution in [0.1, 0.15) is 40.2 Å². The van der Waals surface area contributed by atoms with Gasteiger partial charge in [0.15, 0.2) is 0 Å². The number of nitro groups is 1. The molecule has 0 aliphatic rings. The minimum atomic E-state index is -4.74. The summed E-state index contributed by atoms with van der Waals surface area (Å²) in [7, 11) is 0. The molecule has 28 heavy (non-hydrogen) atoms. The van der Waals surface area contributed by atoms with E-state index in [1.807, 2.05) is 27.7 Å². The molecule has 2 N–H and O–H groups in total. The van der Waals surface area contributed by atoms with E-state index < -0.39 is 22.4 Å². The zero-order valence-electron chi connectivity index (χ0n) is 16.1. The number of nitrogens with one attached hydrogen (secondary N) is 2. The summed E-state index contributed by atoms with van der Waals surface area (Å²) in [6.45, 7) is 9.29. The number of pyridine rings is 2. The highest BCUT2D eigenvalue weighted by atomic mass is 19.4. The first-order chi connectivity index (χ1) is 13.2. The van der Waals surface area contributed by atoms with Crippen LogP contribution in [0.2, 0.25) is 0 Å². The van der Waals surface area contributed by atoms with Crippen LogP contribution >= 0.6 is 0 Å². The van der Waals surface area contributed by atoms with Gasteiger partial charge in [-0.25, -0.2) is 9.97 Å². The Hall–Kier alpha value is -3.24. The molecular weight excluding hydrogens is 379 g/mol. The van der Waals surface area contributed by atoms with Gasteiger partial charge in [-0.15, -0.1) is 0 Å². The van der Waals surface area contributed by atoms with Crippen molar-refractivity contribution in [3.63, 3.8) is 0 Å². The Morgan fingerprint density at radius 3 is 2.14 bits per heavy atom. The standard InChI is InChI=1S/C13H10F3N5O3.2C2H6/c1-7(22)19-11-3-2-9(6-17-11)20-12-10(21(23)24)4-8(5-18-12)13(14,15)16;2*1-2/h2-6H,1H3,(H,18,20)(H,17,19,22);2*1-2H3. The molecule has 0 bridgehead atoms. The van der Waals surface area contributed by atoms with Gasteiger partial charge in [0.2, 0.25) is 11.7 Å². The highest BCUT2D eigenvalue weighted by Crippen LogP contribution is 2.34. The summed E-state index contributed by atoms with van der Waals surface area (Å²) in [5.74, 6) is -0.437. The smallest absolute Gasteiger partial charge is 0.333 e. The van der Waals surface area contributed by atoms with Crippen molar-refractivity contribution < 1.29 is 22.9 Å². The molecule has 2 heterocycles. The van der Waals surface area contributed by atoms with Crippen LogP contribution < -0.4 is 10.6 Å². The Labute approximate surface area is 160 Å². The van der Waals surface area contributed by atoms with E-state index in [-0.39, 0.29) is 23.2 Å². The van der Waals surface area contributed by atoms with Crippen molar-refractivity contribution in [3.05, 3.63) is 46.3 Å². The third-order valence-electron chi connectivity index (χ3n) is 2.72. The first-order valence-corrected chi connectivity index (χ1v) is 8.39. The number of alkyl halides is 3. The van der Waals surface area contributed by atoms with Crippen LogP contribution in [0.3, 0.4) is 0 Å². The largest absolute Gasteiger partial charge is 0.418 e. The summed E-state index contributed by atoms with van der Waals surface area (Å²) in [4.78, 5) is 28.2. The maximum absolute atomic E-state index is 12.6. The Bertz CT molecular complexity index is 781. The van der Waals surface area contributed by atoms with E-state index in [1.165, 1.54) is 25.3 Å². The van der Waals surface area contributed by atoms with E-state index in [4.69, 9.17) is 0 Å². The van der Waals surface area contributed by atoms with Gasteiger partial charge in [-0.2, -0.15) is 13.2 Å². The highest BCUT2D eigenvalue weighted by molar-refractivity contribution is 5.87. The van der Waals surface area contributed by atoms with E-state index in [2.05, 4.69) is 20.6 Å². The summed E-state index contributed by atoms with van der Waals surface area (Å²) in [5.41, 5.74) is -1.80. The van der Waals surface area contributed by atoms with Gasteiger partial charge in [-0.1, -0.05) is 27.7 Å². The topological polar surface area (TPSA) is 110 Å². The molecule has 0 aromatic carbocycles. The van der Waals surface area contributed by atoms with Crippen molar-refractivity contribution in [3.8, 4) is 0 Å². The molecule has 2 aromatic heterocycles. The van der Waals surface area contributed by atoms with Crippen molar-refractivity contribution in [2.75, 3.05) is 10.6 Å². The SMILES string of the molecule is CC.CC.CC(=O)Nc1ccc(Nc2ncc(C(F)(F)F)cc2[N+](=O)[O-])cn1. The number of halogens is 3. The second-order valence-corrected chi connectivity index (χ2v) is 4.58. The fourth-order valence-corrected chi connectivity index (χ4v) is 1.70. The number of rotatable bonds is 4. The minimum absolute atomic E-state index is 0.250. The van der Waals surface area contributed by atoms with E-state index in [1.54, 1.807) is 0 Å². The Morgan fingerprint density at radius 1 is 1.11 bits per heavy atom. The summed E-state index contributed by atoms with van der Waals surface area (Å²) in [6, 6.07) is 3.25. The van der Waals surface area contributed by atoms with Gasteiger partial charge in [-0.05, 0) is 12.1 Å². The fourth-order valence-electron chi connectivity index (χ4n) is 1.70. The van der Waals surface area contributed by atoms with Crippen molar-refractivity contribution in [2.24, 2.45) is 0 Å². The lowest BCUT2D eigenvalue weighted by Crippen LogP contribution is -2.09. The van der Waals surface area contributed by atoms with Crippen LogP contribution in [0.4, 0.5) is 36.2 Å². The molecule has 0 radical (unpaired) electrons. The monoisotopic (exact) mass is 401 g/mol. The quantitative estimate of drug-likeness (QED) is 0.541. The van der Waals surface area contributed by atoms with Crippen LogP contribution in [0, 0.1) is 10.1 Å². The van der Waals surface area contributed by atoms with E-state index in [0.717, 1.165) is 0 Å². The molecule has 0 spiro atoms. The zero-order valence-corrected chi connectivity index (χ0v) is 16.1. The third-order valence-corrected chi connectivity index (χ3v) is 2.72. The summed E-state index contributed by atoms with van der Waals surface area (Å²) < 4.78 is 37.8. The molecule has 8 nitrogen and oxygen atoms in total. The number of hydrogen-bond donors (Lipinski definition) is 2. The fraction of sp³-hybridized carbons (Fsp3) is 0.353. The summed E-state index contributed by atoms with van der Waals surface area (Å²) in [6.07, 6.45) is -3.00. The zero-order chi connectivity index (χ0) is 21.9. The van der Waals surface area contributed by atoms with Gasteiger partial charge in [0.25, 0.3) is 0 Å². The lowest BCUT2D eigenvalue weighted by atomic mass is 10.2. The molecule has 0 aliphatic heterocycles. The van der Waals surface area contributed by atoms with Gasteiger partial charge in [0, 0.05) is 19.2 Å². The van der Waals surface area contributed by atoms with Gasteiger partial charge < -0.3 is 10.6 Å². The van der Waals surface area contributed by atoms with Gasteiger partial charge in [0.1, 0.15) is 5.82 Å². The first kappa shape index (κ1) is 24.8. The van der Waals surface area contributed by atoms with Gasteiger partial charge in [0.05, 0.1) is 22.4 Å². The number of aromatic nitrogens is 2. The van der Waals surface area contributed by atoms with Crippen molar-refractivity contribution in [1.82, 2.24) is 9.97 Å². The maximum Gasteiger partial charge on any atom is 0.418 e. The second kappa shape index (κ2) is 11.5. The molecule has 0 aliphatic carbocycles. The lowest BCUT2D eigenvalue weighted by Gasteiger charge is -2.10. The average Bonchev–Trinajstić information content (AvgIpc) is 2.65. The molecule has 154 valence electrons. The number of nitrogens with zero attached hydrogens (tertiary/aromatic N) is 3. The van der Waals surface area contributed by atoms with Gasteiger partial charge >= 0.3 is 11.9 Å². The van der Waals surface area contributed by atoms with Crippen LogP contribution in [-0.4, -0.2) is 20.8 Å². The second-order valence-electron chi connectivity index (χ2n) is 4.58. The normalized spacial score (nSPS) is 9.86. The number of carbonyl (C=O) groups is 1. The number of anilines is 3. The van der Waals surface area contributed by atoms with Crippen LogP contribution in [0.25, 0.3) is 0 Å². The Morgan fingerprint density at radius 2 is 1.71 bits per heavy atom. The summed E-state index contributed by atoms with van der Waals surface area (Å²) in [5, 5.41) is 15.9. The Balaban J connectivity index is 0.00000171. The number of amides is 1. The molecule has 0 fully saturated rings. The minimum Gasteiger partial charge on any atom is -0.333 e. The van der Waals surface area contributed by atoms with Crippen molar-refractivity contribution >= 4 is 28.9 Å². The van der Waals surface area contributed by atoms with Crippen molar-refractivity contribution in [2.45, 2.75) is 40.8 Å². The van der Waals surface area contributed by atoms with Crippen LogP contribution in [0.15, 0.2) is 30.6 Å². The highest BCUT2D eigenvalue weighted by Gasteiger charge is 2.33. The molecule has 1 amide bonds. The molecule has 2 aromatic rings. The molecule has 11 heteroatoms. The molecule has 0 saturated carbocycles. The van der Waals surface area contributed by atoms with E-state index in [9.17, 15) is 28.1 Å². The molecular formula is C17H22F3N5O3. The molecule has 2 rings (SSSR count). The van der Waals surface area contributed by atoms with Gasteiger partial charge in [-0.3, -0.25) is 14.9 Å². The van der Waals surface area contributed by atoms with Crippen LogP contribution in [0.5, 0.6) is 0 Å². The predicted molar refractivity (Wildman–Crippen MR) is 100 cm³/mol. The molecule has 0 unspecified atom stereocenters. The summed E-state index contributed by atoms with van der Waals surface area (Å²) >= 11 is 0. The predicted octanol–water partition coefficient (Wildman–Crippen LogP) is 5.16. The third kappa shape index (κ3) is 7.56. The molecule has 0 saturated heterocycles. The van der Waals surface area contributed by atoms with E-state index in [0.29, 0.717) is 12.3 Å². The van der Waals surface area contributed by atoms with E-state index >= 15 is 0 Å². The van der Waals surface area contributed by atoms with Crippen LogP contribution in [-0.2, 0) is 11.0 Å². The van der Waals surface area contributed by atoms with Crippen molar-refractivity contribution in [1.29, 1.82) is 0 Å². The lowest BCUT2D eigenvalue weighted by molar-refractivity contribution is -0.384. The Kier molecular flexibility index (Phi) is 10.1.